The number of benzene rings is 1. The van der Waals surface area contributed by atoms with Crippen molar-refractivity contribution < 1.29 is 9.53 Å². The third-order valence-corrected chi connectivity index (χ3v) is 5.06. The van der Waals surface area contributed by atoms with E-state index in [0.717, 1.165) is 57.3 Å². The van der Waals surface area contributed by atoms with Crippen molar-refractivity contribution in [3.05, 3.63) is 29.8 Å². The van der Waals surface area contributed by atoms with Crippen LogP contribution in [0.15, 0.2) is 29.3 Å². The summed E-state index contributed by atoms with van der Waals surface area (Å²) in [4.78, 5) is 21.1. The molecule has 0 atom stereocenters. The molecule has 1 aromatic rings. The molecular weight excluding hydrogens is 392 g/mol. The lowest BCUT2D eigenvalue weighted by atomic mass is 10.1. The molecule has 174 valence electrons. The van der Waals surface area contributed by atoms with Gasteiger partial charge in [0, 0.05) is 45.5 Å². The number of hydrogen-bond acceptors (Lipinski definition) is 5. The van der Waals surface area contributed by atoms with Gasteiger partial charge in [-0.1, -0.05) is 12.1 Å². The Hall–Kier alpha value is -2.32. The van der Waals surface area contributed by atoms with Gasteiger partial charge < -0.3 is 25.2 Å². The number of ether oxygens (including phenoxy) is 1. The number of anilines is 1. The molecule has 0 spiro atoms. The fourth-order valence-electron chi connectivity index (χ4n) is 3.38. The average molecular weight is 433 g/mol. The molecule has 3 N–H and O–H groups in total. The summed E-state index contributed by atoms with van der Waals surface area (Å²) in [5.41, 5.74) is 1.40. The van der Waals surface area contributed by atoms with Crippen molar-refractivity contribution in [2.24, 2.45) is 4.99 Å². The van der Waals surface area contributed by atoms with Gasteiger partial charge in [-0.2, -0.15) is 0 Å². The largest absolute Gasteiger partial charge is 0.444 e. The predicted octanol–water partition coefficient (Wildman–Crippen LogP) is 2.38. The highest BCUT2D eigenvalue weighted by molar-refractivity contribution is 5.84. The Morgan fingerprint density at radius 2 is 1.77 bits per heavy atom. The van der Waals surface area contributed by atoms with Crippen LogP contribution in [-0.4, -0.2) is 87.4 Å². The molecule has 8 heteroatoms. The van der Waals surface area contributed by atoms with E-state index < -0.39 is 11.7 Å². The lowest BCUT2D eigenvalue weighted by Gasteiger charge is -2.21. The van der Waals surface area contributed by atoms with E-state index in [-0.39, 0.29) is 0 Å². The summed E-state index contributed by atoms with van der Waals surface area (Å²) in [6.45, 7) is 12.9. The molecule has 0 unspecified atom stereocenters. The smallest absolute Gasteiger partial charge is 0.412 e. The Kier molecular flexibility index (Phi) is 10.1. The zero-order valence-electron chi connectivity index (χ0n) is 19.8. The van der Waals surface area contributed by atoms with Crippen LogP contribution in [0.4, 0.5) is 10.5 Å². The van der Waals surface area contributed by atoms with Crippen LogP contribution in [0.1, 0.15) is 32.8 Å². The average Bonchev–Trinajstić information content (AvgIpc) is 2.91. The van der Waals surface area contributed by atoms with Crippen molar-refractivity contribution in [1.29, 1.82) is 0 Å². The lowest BCUT2D eigenvalue weighted by Crippen LogP contribution is -2.42. The van der Waals surface area contributed by atoms with Crippen molar-refractivity contribution in [3.8, 4) is 0 Å². The highest BCUT2D eigenvalue weighted by Gasteiger charge is 2.16. The van der Waals surface area contributed by atoms with Gasteiger partial charge >= 0.3 is 6.09 Å². The first kappa shape index (κ1) is 24.9. The van der Waals surface area contributed by atoms with Crippen LogP contribution in [0.25, 0.3) is 0 Å². The molecule has 31 heavy (non-hydrogen) atoms. The van der Waals surface area contributed by atoms with E-state index >= 15 is 0 Å². The minimum Gasteiger partial charge on any atom is -0.444 e. The number of carbonyl (C=O) groups excluding carboxylic acids is 1. The second kappa shape index (κ2) is 12.5. The van der Waals surface area contributed by atoms with Crippen LogP contribution >= 0.6 is 0 Å². The van der Waals surface area contributed by atoms with Gasteiger partial charge in [-0.3, -0.25) is 10.3 Å². The summed E-state index contributed by atoms with van der Waals surface area (Å²) in [6.07, 6.45) is 1.66. The Balaban J connectivity index is 1.66. The van der Waals surface area contributed by atoms with Gasteiger partial charge in [0.2, 0.25) is 0 Å². The molecule has 0 radical (unpaired) electrons. The van der Waals surface area contributed by atoms with Gasteiger partial charge in [0.05, 0.1) is 0 Å². The van der Waals surface area contributed by atoms with Crippen molar-refractivity contribution in [1.82, 2.24) is 20.4 Å². The SMILES string of the molecule is CN=C(NCCc1ccc(NC(=O)OC(C)(C)C)cc1)NCCN1CCCN(C)CC1. The van der Waals surface area contributed by atoms with Gasteiger partial charge in [0.1, 0.15) is 5.60 Å². The van der Waals surface area contributed by atoms with Gasteiger partial charge in [0.25, 0.3) is 0 Å². The number of rotatable bonds is 7. The molecule has 1 aromatic carbocycles. The second-order valence-corrected chi connectivity index (χ2v) is 9.00. The Morgan fingerprint density at radius 3 is 2.45 bits per heavy atom. The number of nitrogens with one attached hydrogen (secondary N) is 3. The van der Waals surface area contributed by atoms with E-state index in [1.54, 1.807) is 7.05 Å². The molecule has 0 saturated carbocycles. The number of carbonyl (C=O) groups is 1. The summed E-state index contributed by atoms with van der Waals surface area (Å²) >= 11 is 0. The van der Waals surface area contributed by atoms with Crippen LogP contribution in [-0.2, 0) is 11.2 Å². The van der Waals surface area contributed by atoms with Crippen molar-refractivity contribution in [2.45, 2.75) is 39.2 Å². The summed E-state index contributed by atoms with van der Waals surface area (Å²) in [5.74, 6) is 0.829. The zero-order valence-corrected chi connectivity index (χ0v) is 19.8. The molecule has 1 fully saturated rings. The molecule has 8 nitrogen and oxygen atoms in total. The van der Waals surface area contributed by atoms with Crippen LogP contribution in [0.5, 0.6) is 0 Å². The summed E-state index contributed by atoms with van der Waals surface area (Å²) in [5, 5.41) is 9.53. The maximum absolute atomic E-state index is 11.8. The van der Waals surface area contributed by atoms with E-state index in [4.69, 9.17) is 4.74 Å². The fraction of sp³-hybridized carbons (Fsp3) is 0.652. The van der Waals surface area contributed by atoms with Crippen LogP contribution in [0, 0.1) is 0 Å². The first-order chi connectivity index (χ1) is 14.7. The monoisotopic (exact) mass is 432 g/mol. The fourth-order valence-corrected chi connectivity index (χ4v) is 3.38. The van der Waals surface area contributed by atoms with Gasteiger partial charge in [-0.15, -0.1) is 0 Å². The zero-order chi connectivity index (χ0) is 22.7. The highest BCUT2D eigenvalue weighted by Crippen LogP contribution is 2.13. The maximum atomic E-state index is 11.8. The van der Waals surface area contributed by atoms with Crippen molar-refractivity contribution >= 4 is 17.7 Å². The number of likely N-dealkylation sites (N-methyl/N-ethyl adjacent to an activating group) is 1. The van der Waals surface area contributed by atoms with E-state index in [1.165, 1.54) is 18.5 Å². The summed E-state index contributed by atoms with van der Waals surface area (Å²) < 4.78 is 5.27. The third-order valence-electron chi connectivity index (χ3n) is 5.06. The molecule has 1 heterocycles. The van der Waals surface area contributed by atoms with Crippen LogP contribution < -0.4 is 16.0 Å². The minimum atomic E-state index is -0.508. The summed E-state index contributed by atoms with van der Waals surface area (Å²) in [7, 11) is 3.99. The number of guanidine groups is 1. The normalized spacial score (nSPS) is 16.5. The predicted molar refractivity (Wildman–Crippen MR) is 128 cm³/mol. The lowest BCUT2D eigenvalue weighted by molar-refractivity contribution is 0.0636. The van der Waals surface area contributed by atoms with Gasteiger partial charge in [0.15, 0.2) is 5.96 Å². The molecule has 1 amide bonds. The van der Waals surface area contributed by atoms with E-state index in [9.17, 15) is 4.79 Å². The molecule has 1 saturated heterocycles. The number of amides is 1. The second-order valence-electron chi connectivity index (χ2n) is 9.00. The van der Waals surface area contributed by atoms with Crippen LogP contribution in [0.2, 0.25) is 0 Å². The molecule has 0 aliphatic carbocycles. The van der Waals surface area contributed by atoms with Crippen molar-refractivity contribution in [3.63, 3.8) is 0 Å². The minimum absolute atomic E-state index is 0.441. The molecule has 0 bridgehead atoms. The first-order valence-corrected chi connectivity index (χ1v) is 11.2. The first-order valence-electron chi connectivity index (χ1n) is 11.2. The Bertz CT molecular complexity index is 699. The quantitative estimate of drug-likeness (QED) is 0.453. The van der Waals surface area contributed by atoms with Gasteiger partial charge in [-0.25, -0.2) is 4.79 Å². The molecule has 0 aromatic heterocycles. The Morgan fingerprint density at radius 1 is 1.06 bits per heavy atom. The van der Waals surface area contributed by atoms with E-state index in [0.29, 0.717) is 0 Å². The Labute approximate surface area is 187 Å². The topological polar surface area (TPSA) is 81.2 Å². The van der Waals surface area contributed by atoms with Crippen LogP contribution in [0.3, 0.4) is 0 Å². The van der Waals surface area contributed by atoms with Crippen molar-refractivity contribution in [2.75, 3.05) is 65.2 Å². The highest BCUT2D eigenvalue weighted by atomic mass is 16.6. The maximum Gasteiger partial charge on any atom is 0.412 e. The third kappa shape index (κ3) is 10.5. The number of hydrogen-bond donors (Lipinski definition) is 3. The van der Waals surface area contributed by atoms with E-state index in [1.807, 2.05) is 45.0 Å². The molecule has 2 rings (SSSR count). The molecule has 1 aliphatic heterocycles. The number of nitrogens with zero attached hydrogens (tertiary/aromatic N) is 3. The summed E-state index contributed by atoms with van der Waals surface area (Å²) in [6, 6.07) is 7.82. The van der Waals surface area contributed by atoms with Gasteiger partial charge in [-0.05, 0) is 71.4 Å². The standard InChI is InChI=1S/C23H40N6O2/c1-23(2,3)31-22(30)27-20-9-7-19(8-10-20)11-12-25-21(24-4)26-13-16-29-15-6-14-28(5)17-18-29/h7-10H,6,11-18H2,1-5H3,(H,27,30)(H2,24,25,26). The number of aliphatic imine (C=N–C) groups is 1. The van der Waals surface area contributed by atoms with E-state index in [2.05, 4.69) is 37.8 Å². The molecular formula is C23H40N6O2. The molecule has 1 aliphatic rings.